The van der Waals surface area contributed by atoms with E-state index in [2.05, 4.69) is 37.0 Å². The molecule has 98 valence electrons. The topological polar surface area (TPSA) is 3.24 Å². The zero-order valence-corrected chi connectivity index (χ0v) is 12.1. The van der Waals surface area contributed by atoms with E-state index in [0.717, 1.165) is 12.1 Å². The van der Waals surface area contributed by atoms with Crippen molar-refractivity contribution in [2.24, 2.45) is 11.8 Å². The minimum absolute atomic E-state index is 0.0336. The summed E-state index contributed by atoms with van der Waals surface area (Å²) in [6.07, 6.45) is 14.6. The van der Waals surface area contributed by atoms with E-state index in [9.17, 15) is 0 Å². The number of terminal acetylenes is 1. The Bertz CT molecular complexity index is 379. The number of nitrogens with zero attached hydrogens (tertiary/aromatic N) is 1. The second kappa shape index (κ2) is 8.42. The third kappa shape index (κ3) is 4.30. The Hall–Kier alpha value is -1.68. The molecule has 18 heavy (non-hydrogen) atoms. The zero-order valence-electron chi connectivity index (χ0n) is 12.1. The van der Waals surface area contributed by atoms with Crippen molar-refractivity contribution < 1.29 is 0 Å². The summed E-state index contributed by atoms with van der Waals surface area (Å²) in [4.78, 5) is 2.08. The minimum Gasteiger partial charge on any atom is -0.350 e. The van der Waals surface area contributed by atoms with Crippen LogP contribution in [0.25, 0.3) is 0 Å². The SMILES string of the molecule is C#CC(C)C(=C)N(C)/C(=C/C=C\C)C(C=C)CC. The molecule has 0 aromatic rings. The van der Waals surface area contributed by atoms with Gasteiger partial charge in [-0.1, -0.05) is 37.7 Å². The highest BCUT2D eigenvalue weighted by atomic mass is 15.1. The molecule has 1 nitrogen and oxygen atoms in total. The maximum Gasteiger partial charge on any atom is 0.0568 e. The van der Waals surface area contributed by atoms with E-state index in [1.165, 1.54) is 5.70 Å². The first kappa shape index (κ1) is 16.3. The van der Waals surface area contributed by atoms with Crippen LogP contribution >= 0.6 is 0 Å². The van der Waals surface area contributed by atoms with Gasteiger partial charge in [0.2, 0.25) is 0 Å². The van der Waals surface area contributed by atoms with E-state index in [4.69, 9.17) is 6.42 Å². The van der Waals surface area contributed by atoms with E-state index in [1.54, 1.807) is 0 Å². The molecule has 0 amide bonds. The number of hydrogen-bond acceptors (Lipinski definition) is 1. The predicted molar refractivity (Wildman–Crippen MR) is 81.8 cm³/mol. The van der Waals surface area contributed by atoms with E-state index in [0.29, 0.717) is 5.92 Å². The van der Waals surface area contributed by atoms with Crippen molar-refractivity contribution in [3.8, 4) is 12.3 Å². The van der Waals surface area contributed by atoms with Gasteiger partial charge >= 0.3 is 0 Å². The molecule has 0 fully saturated rings. The van der Waals surface area contributed by atoms with Gasteiger partial charge in [-0.15, -0.1) is 13.0 Å². The van der Waals surface area contributed by atoms with E-state index in [-0.39, 0.29) is 5.92 Å². The molecule has 2 unspecified atom stereocenters. The molecule has 0 aromatic carbocycles. The van der Waals surface area contributed by atoms with E-state index in [1.807, 2.05) is 39.1 Å². The lowest BCUT2D eigenvalue weighted by molar-refractivity contribution is 0.425. The van der Waals surface area contributed by atoms with E-state index >= 15 is 0 Å². The third-order valence-corrected chi connectivity index (χ3v) is 3.13. The molecular weight excluding hydrogens is 218 g/mol. The van der Waals surface area contributed by atoms with Crippen molar-refractivity contribution in [1.82, 2.24) is 4.90 Å². The summed E-state index contributed by atoms with van der Waals surface area (Å²) in [7, 11) is 2.01. The summed E-state index contributed by atoms with van der Waals surface area (Å²) >= 11 is 0. The van der Waals surface area contributed by atoms with Crippen LogP contribution in [0.15, 0.2) is 48.9 Å². The molecule has 0 rings (SSSR count). The van der Waals surface area contributed by atoms with Gasteiger partial charge in [0.15, 0.2) is 0 Å². The van der Waals surface area contributed by atoms with Crippen molar-refractivity contribution in [2.45, 2.75) is 27.2 Å². The fraction of sp³-hybridized carbons (Fsp3) is 0.412. The molecule has 1 heteroatoms. The Kier molecular flexibility index (Phi) is 7.63. The monoisotopic (exact) mass is 243 g/mol. The first-order valence-corrected chi connectivity index (χ1v) is 6.37. The van der Waals surface area contributed by atoms with Crippen molar-refractivity contribution in [3.63, 3.8) is 0 Å². The molecule has 0 aliphatic heterocycles. The predicted octanol–water partition coefficient (Wildman–Crippen LogP) is 4.37. The van der Waals surface area contributed by atoms with Crippen LogP contribution in [0, 0.1) is 24.2 Å². The molecule has 0 radical (unpaired) electrons. The lowest BCUT2D eigenvalue weighted by Gasteiger charge is -2.30. The second-order valence-electron chi connectivity index (χ2n) is 4.31. The standard InChI is InChI=1S/C17H25N/c1-8-12-13-17(16(10-3)11-4)18(7)15(6)14(5)9-2/h2,8,10,12-14,16H,3,6,11H2,1,4-5,7H3/b12-8-,17-13+. The maximum absolute atomic E-state index is 5.46. The molecule has 0 aromatic heterocycles. The van der Waals surface area contributed by atoms with Crippen LogP contribution in [-0.2, 0) is 0 Å². The fourth-order valence-electron chi connectivity index (χ4n) is 1.73. The van der Waals surface area contributed by atoms with Crippen molar-refractivity contribution >= 4 is 0 Å². The second-order valence-corrected chi connectivity index (χ2v) is 4.31. The van der Waals surface area contributed by atoms with Gasteiger partial charge in [0.1, 0.15) is 0 Å². The maximum atomic E-state index is 5.46. The highest BCUT2D eigenvalue weighted by molar-refractivity contribution is 5.24. The first-order chi connectivity index (χ1) is 8.53. The zero-order chi connectivity index (χ0) is 14.1. The van der Waals surface area contributed by atoms with Crippen LogP contribution in [0.2, 0.25) is 0 Å². The van der Waals surface area contributed by atoms with Crippen LogP contribution < -0.4 is 0 Å². The molecule has 0 saturated heterocycles. The molecule has 0 N–H and O–H groups in total. The first-order valence-electron chi connectivity index (χ1n) is 6.37. The summed E-state index contributed by atoms with van der Waals surface area (Å²) in [5.74, 6) is 3.07. The van der Waals surface area contributed by atoms with Gasteiger partial charge in [-0.2, -0.15) is 0 Å². The molecule has 2 atom stereocenters. The Balaban J connectivity index is 5.27. The van der Waals surface area contributed by atoms with Gasteiger partial charge in [-0.05, 0) is 26.3 Å². The van der Waals surface area contributed by atoms with Crippen molar-refractivity contribution in [1.29, 1.82) is 0 Å². The van der Waals surface area contributed by atoms with E-state index < -0.39 is 0 Å². The Morgan fingerprint density at radius 3 is 2.50 bits per heavy atom. The molecule has 0 aliphatic carbocycles. The van der Waals surface area contributed by atoms with Gasteiger partial charge in [0, 0.05) is 24.4 Å². The fourth-order valence-corrected chi connectivity index (χ4v) is 1.73. The quantitative estimate of drug-likeness (QED) is 0.364. The number of hydrogen-bond donors (Lipinski definition) is 0. The number of allylic oxidation sites excluding steroid dienone is 5. The Morgan fingerprint density at radius 2 is 2.11 bits per heavy atom. The molecular formula is C17H25N. The average Bonchev–Trinajstić information content (AvgIpc) is 2.40. The molecule has 0 heterocycles. The van der Waals surface area contributed by atoms with Crippen LogP contribution in [0.3, 0.4) is 0 Å². The van der Waals surface area contributed by atoms with Crippen molar-refractivity contribution in [2.75, 3.05) is 7.05 Å². The lowest BCUT2D eigenvalue weighted by atomic mass is 9.99. The summed E-state index contributed by atoms with van der Waals surface area (Å²) in [6, 6.07) is 0. The van der Waals surface area contributed by atoms with Gasteiger partial charge in [-0.3, -0.25) is 0 Å². The van der Waals surface area contributed by atoms with Crippen LogP contribution in [0.1, 0.15) is 27.2 Å². The van der Waals surface area contributed by atoms with Gasteiger partial charge < -0.3 is 4.90 Å². The Labute approximate surface area is 113 Å². The summed E-state index contributed by atoms with van der Waals surface area (Å²) in [6.45, 7) is 14.1. The molecule has 0 spiro atoms. The van der Waals surface area contributed by atoms with Gasteiger partial charge in [0.05, 0.1) is 5.92 Å². The summed E-state index contributed by atoms with van der Waals surface area (Å²) in [5, 5.41) is 0. The molecule has 0 bridgehead atoms. The highest BCUT2D eigenvalue weighted by Gasteiger charge is 2.17. The smallest absolute Gasteiger partial charge is 0.0568 e. The van der Waals surface area contributed by atoms with Crippen LogP contribution in [-0.4, -0.2) is 11.9 Å². The largest absolute Gasteiger partial charge is 0.350 e. The average molecular weight is 243 g/mol. The normalized spacial score (nSPS) is 14.9. The number of rotatable bonds is 7. The van der Waals surface area contributed by atoms with Crippen LogP contribution in [0.5, 0.6) is 0 Å². The summed E-state index contributed by atoms with van der Waals surface area (Å²) in [5.41, 5.74) is 2.12. The lowest BCUT2D eigenvalue weighted by Crippen LogP contribution is -2.24. The highest BCUT2D eigenvalue weighted by Crippen LogP contribution is 2.25. The molecule has 0 saturated carbocycles. The van der Waals surface area contributed by atoms with Crippen LogP contribution in [0.4, 0.5) is 0 Å². The summed E-state index contributed by atoms with van der Waals surface area (Å²) < 4.78 is 0. The molecule has 0 aliphatic rings. The van der Waals surface area contributed by atoms with Gasteiger partial charge in [-0.25, -0.2) is 0 Å². The third-order valence-electron chi connectivity index (χ3n) is 3.13. The van der Waals surface area contributed by atoms with Crippen molar-refractivity contribution in [3.05, 3.63) is 48.9 Å². The Morgan fingerprint density at radius 1 is 1.50 bits per heavy atom. The minimum atomic E-state index is 0.0336. The van der Waals surface area contributed by atoms with Gasteiger partial charge in [0.25, 0.3) is 0 Å².